The number of piperidine rings is 1. The number of rotatable bonds is 7. The van der Waals surface area contributed by atoms with Crippen LogP contribution in [0, 0.1) is 11.8 Å². The molecule has 0 saturated carbocycles. The van der Waals surface area contributed by atoms with Crippen molar-refractivity contribution < 1.29 is 9.59 Å². The number of likely N-dealkylation sites (tertiary alicyclic amines) is 1. The standard InChI is InChI=1S/C26H35N5O2/c1-3-19(4-2)26(33)30-15-11-21(12-16-30)20-7-9-23(10-8-20)28-25(32)22-13-17-31(18-22)24-6-5-14-27-29-24/h5-10,14,19,21-22H,3-4,11-13,15-18H2,1-2H3,(H,28,32). The maximum Gasteiger partial charge on any atom is 0.229 e. The number of nitrogens with zero attached hydrogens (tertiary/aromatic N) is 4. The second kappa shape index (κ2) is 10.8. The average molecular weight is 450 g/mol. The number of nitrogens with one attached hydrogen (secondary N) is 1. The molecule has 3 heterocycles. The predicted molar refractivity (Wildman–Crippen MR) is 130 cm³/mol. The number of hydrogen-bond acceptors (Lipinski definition) is 5. The minimum Gasteiger partial charge on any atom is -0.354 e. The molecule has 1 N–H and O–H groups in total. The van der Waals surface area contributed by atoms with Crippen LogP contribution in [0.15, 0.2) is 42.6 Å². The molecule has 2 saturated heterocycles. The third-order valence-corrected chi connectivity index (χ3v) is 7.23. The first kappa shape index (κ1) is 23.2. The zero-order valence-electron chi connectivity index (χ0n) is 19.7. The van der Waals surface area contributed by atoms with Gasteiger partial charge in [0, 0.05) is 44.0 Å². The summed E-state index contributed by atoms with van der Waals surface area (Å²) in [4.78, 5) is 29.6. The van der Waals surface area contributed by atoms with Crippen molar-refractivity contribution in [1.29, 1.82) is 0 Å². The zero-order valence-corrected chi connectivity index (χ0v) is 19.7. The second-order valence-electron chi connectivity index (χ2n) is 9.24. The Morgan fingerprint density at radius 3 is 2.39 bits per heavy atom. The van der Waals surface area contributed by atoms with Crippen LogP contribution in [0.25, 0.3) is 0 Å². The number of carbonyl (C=O) groups excluding carboxylic acids is 2. The Kier molecular flexibility index (Phi) is 7.57. The minimum atomic E-state index is -0.0522. The summed E-state index contributed by atoms with van der Waals surface area (Å²) >= 11 is 0. The van der Waals surface area contributed by atoms with Crippen LogP contribution in [0.4, 0.5) is 11.5 Å². The average Bonchev–Trinajstić information content (AvgIpc) is 3.37. The highest BCUT2D eigenvalue weighted by Gasteiger charge is 2.30. The molecule has 7 nitrogen and oxygen atoms in total. The fraction of sp³-hybridized carbons (Fsp3) is 0.538. The molecule has 2 aliphatic heterocycles. The van der Waals surface area contributed by atoms with E-state index in [1.165, 1.54) is 5.56 Å². The van der Waals surface area contributed by atoms with Gasteiger partial charge in [0.05, 0.1) is 5.92 Å². The Balaban J connectivity index is 1.27. The van der Waals surface area contributed by atoms with Gasteiger partial charge in [0.25, 0.3) is 0 Å². The monoisotopic (exact) mass is 449 g/mol. The molecule has 33 heavy (non-hydrogen) atoms. The van der Waals surface area contributed by atoms with Gasteiger partial charge in [0.2, 0.25) is 11.8 Å². The van der Waals surface area contributed by atoms with Gasteiger partial charge in [-0.2, -0.15) is 5.10 Å². The van der Waals surface area contributed by atoms with E-state index in [1.54, 1.807) is 6.20 Å². The first-order chi connectivity index (χ1) is 16.1. The molecule has 4 rings (SSSR count). The van der Waals surface area contributed by atoms with Crippen LogP contribution in [-0.2, 0) is 9.59 Å². The molecular weight excluding hydrogens is 414 g/mol. The van der Waals surface area contributed by atoms with Gasteiger partial charge in [-0.15, -0.1) is 5.10 Å². The van der Waals surface area contributed by atoms with E-state index in [9.17, 15) is 9.59 Å². The molecular formula is C26H35N5O2. The van der Waals surface area contributed by atoms with Crippen LogP contribution < -0.4 is 10.2 Å². The van der Waals surface area contributed by atoms with E-state index < -0.39 is 0 Å². The molecule has 0 aliphatic carbocycles. The van der Waals surface area contributed by atoms with Crippen molar-refractivity contribution in [1.82, 2.24) is 15.1 Å². The van der Waals surface area contributed by atoms with Gasteiger partial charge in [-0.3, -0.25) is 9.59 Å². The van der Waals surface area contributed by atoms with E-state index in [1.807, 2.05) is 24.3 Å². The Hall–Kier alpha value is -2.96. The topological polar surface area (TPSA) is 78.4 Å². The molecule has 2 aromatic rings. The summed E-state index contributed by atoms with van der Waals surface area (Å²) in [5.41, 5.74) is 2.13. The molecule has 1 atom stereocenters. The van der Waals surface area contributed by atoms with Crippen LogP contribution in [0.1, 0.15) is 57.4 Å². The van der Waals surface area contributed by atoms with E-state index in [-0.39, 0.29) is 17.7 Å². The summed E-state index contributed by atoms with van der Waals surface area (Å²) in [5, 5.41) is 11.2. The highest BCUT2D eigenvalue weighted by atomic mass is 16.2. The first-order valence-electron chi connectivity index (χ1n) is 12.3. The molecule has 7 heteroatoms. The summed E-state index contributed by atoms with van der Waals surface area (Å²) in [6, 6.07) is 12.1. The van der Waals surface area contributed by atoms with E-state index in [0.717, 1.165) is 63.2 Å². The first-order valence-corrected chi connectivity index (χ1v) is 12.3. The maximum absolute atomic E-state index is 12.8. The third kappa shape index (κ3) is 5.52. The summed E-state index contributed by atoms with van der Waals surface area (Å²) in [5.74, 6) is 1.78. The fourth-order valence-electron chi connectivity index (χ4n) is 5.06. The number of aromatic nitrogens is 2. The van der Waals surface area contributed by atoms with Gasteiger partial charge in [-0.25, -0.2) is 0 Å². The summed E-state index contributed by atoms with van der Waals surface area (Å²) in [6.45, 7) is 7.34. The lowest BCUT2D eigenvalue weighted by Crippen LogP contribution is -2.41. The lowest BCUT2D eigenvalue weighted by atomic mass is 9.88. The van der Waals surface area contributed by atoms with Gasteiger partial charge in [-0.1, -0.05) is 26.0 Å². The van der Waals surface area contributed by atoms with Crippen LogP contribution in [0.5, 0.6) is 0 Å². The summed E-state index contributed by atoms with van der Waals surface area (Å²) < 4.78 is 0. The van der Waals surface area contributed by atoms with Crippen LogP contribution in [-0.4, -0.2) is 53.1 Å². The number of hydrogen-bond donors (Lipinski definition) is 1. The van der Waals surface area contributed by atoms with Crippen molar-refractivity contribution in [2.24, 2.45) is 11.8 Å². The number of anilines is 2. The highest BCUT2D eigenvalue weighted by molar-refractivity contribution is 5.93. The number of benzene rings is 1. The summed E-state index contributed by atoms with van der Waals surface area (Å²) in [6.07, 6.45) is 6.30. The lowest BCUT2D eigenvalue weighted by molar-refractivity contribution is -0.136. The third-order valence-electron chi connectivity index (χ3n) is 7.23. The quantitative estimate of drug-likeness (QED) is 0.689. The fourth-order valence-corrected chi connectivity index (χ4v) is 5.06. The smallest absolute Gasteiger partial charge is 0.229 e. The Morgan fingerprint density at radius 1 is 1.03 bits per heavy atom. The van der Waals surface area contributed by atoms with E-state index in [2.05, 4.69) is 51.3 Å². The molecule has 0 radical (unpaired) electrons. The molecule has 2 amide bonds. The van der Waals surface area contributed by atoms with Crippen LogP contribution in [0.3, 0.4) is 0 Å². The Morgan fingerprint density at radius 2 is 1.76 bits per heavy atom. The van der Waals surface area contributed by atoms with Crippen LogP contribution in [0.2, 0.25) is 0 Å². The molecule has 2 aliphatic rings. The Bertz CT molecular complexity index is 921. The van der Waals surface area contributed by atoms with Gasteiger partial charge < -0.3 is 15.1 Å². The highest BCUT2D eigenvalue weighted by Crippen LogP contribution is 2.30. The van der Waals surface area contributed by atoms with Crippen LogP contribution >= 0.6 is 0 Å². The van der Waals surface area contributed by atoms with Crippen molar-refractivity contribution >= 4 is 23.3 Å². The largest absolute Gasteiger partial charge is 0.354 e. The molecule has 1 unspecified atom stereocenters. The molecule has 176 valence electrons. The van der Waals surface area contributed by atoms with Crippen molar-refractivity contribution in [3.63, 3.8) is 0 Å². The van der Waals surface area contributed by atoms with E-state index >= 15 is 0 Å². The molecule has 2 fully saturated rings. The predicted octanol–water partition coefficient (Wildman–Crippen LogP) is 4.08. The molecule has 1 aromatic carbocycles. The van der Waals surface area contributed by atoms with Crippen molar-refractivity contribution in [3.05, 3.63) is 48.2 Å². The van der Waals surface area contributed by atoms with Crippen molar-refractivity contribution in [2.75, 3.05) is 36.4 Å². The lowest BCUT2D eigenvalue weighted by Gasteiger charge is -2.34. The minimum absolute atomic E-state index is 0.0522. The molecule has 0 bridgehead atoms. The van der Waals surface area contributed by atoms with Crippen molar-refractivity contribution in [3.8, 4) is 0 Å². The van der Waals surface area contributed by atoms with E-state index in [4.69, 9.17) is 0 Å². The normalized spacial score (nSPS) is 19.2. The van der Waals surface area contributed by atoms with E-state index in [0.29, 0.717) is 18.4 Å². The van der Waals surface area contributed by atoms with Gasteiger partial charge >= 0.3 is 0 Å². The van der Waals surface area contributed by atoms with Gasteiger partial charge in [-0.05, 0) is 67.9 Å². The zero-order chi connectivity index (χ0) is 23.2. The second-order valence-corrected chi connectivity index (χ2v) is 9.24. The van der Waals surface area contributed by atoms with Crippen molar-refractivity contribution in [2.45, 2.75) is 51.9 Å². The number of amides is 2. The molecule has 0 spiro atoms. The maximum atomic E-state index is 12.8. The summed E-state index contributed by atoms with van der Waals surface area (Å²) in [7, 11) is 0. The SMILES string of the molecule is CCC(CC)C(=O)N1CCC(c2ccc(NC(=O)C3CCN(c4cccnn4)C3)cc2)CC1. The van der Waals surface area contributed by atoms with Gasteiger partial charge in [0.15, 0.2) is 5.82 Å². The Labute approximate surface area is 196 Å². The molecule has 1 aromatic heterocycles. The van der Waals surface area contributed by atoms with Gasteiger partial charge in [0.1, 0.15) is 0 Å². The number of carbonyl (C=O) groups is 2.